The van der Waals surface area contributed by atoms with Crippen LogP contribution in [-0.2, 0) is 29.1 Å². The molecule has 1 amide bonds. The number of esters is 1. The predicted molar refractivity (Wildman–Crippen MR) is 116 cm³/mol. The van der Waals surface area contributed by atoms with Crippen LogP contribution in [0.15, 0.2) is 35.2 Å². The van der Waals surface area contributed by atoms with Crippen molar-refractivity contribution in [1.82, 2.24) is 9.21 Å². The van der Waals surface area contributed by atoms with E-state index in [1.165, 1.54) is 28.6 Å². The van der Waals surface area contributed by atoms with Gasteiger partial charge in [-0.2, -0.15) is 4.31 Å². The third-order valence-corrected chi connectivity index (χ3v) is 7.17. The molecule has 1 heterocycles. The van der Waals surface area contributed by atoms with Gasteiger partial charge in [0.1, 0.15) is 0 Å². The minimum absolute atomic E-state index is 0.173. The Labute approximate surface area is 183 Å². The van der Waals surface area contributed by atoms with Gasteiger partial charge in [0.05, 0.1) is 18.1 Å². The highest BCUT2D eigenvalue weighted by molar-refractivity contribution is 7.89. The van der Waals surface area contributed by atoms with Gasteiger partial charge in [-0.3, -0.25) is 4.79 Å². The second-order valence-electron chi connectivity index (χ2n) is 7.81. The van der Waals surface area contributed by atoms with Gasteiger partial charge in [-0.05, 0) is 49.0 Å². The highest BCUT2D eigenvalue weighted by Crippen LogP contribution is 2.29. The summed E-state index contributed by atoms with van der Waals surface area (Å²) in [5, 5.41) is 0. The van der Waals surface area contributed by atoms with Gasteiger partial charge < -0.3 is 14.4 Å². The van der Waals surface area contributed by atoms with E-state index in [-0.39, 0.29) is 17.4 Å². The van der Waals surface area contributed by atoms with Crippen molar-refractivity contribution in [2.45, 2.75) is 31.1 Å². The Bertz CT molecular complexity index is 887. The maximum atomic E-state index is 12.6. The molecule has 1 aliphatic carbocycles. The van der Waals surface area contributed by atoms with E-state index in [0.717, 1.165) is 25.8 Å². The molecule has 170 valence electrons. The maximum absolute atomic E-state index is 12.6. The summed E-state index contributed by atoms with van der Waals surface area (Å²) in [7, 11) is -3.55. The molecule has 0 aromatic heterocycles. The lowest BCUT2D eigenvalue weighted by Crippen LogP contribution is -2.40. The topological polar surface area (TPSA) is 93.2 Å². The van der Waals surface area contributed by atoms with Crippen LogP contribution in [0.25, 0.3) is 6.08 Å². The Balaban J connectivity index is 1.50. The van der Waals surface area contributed by atoms with Gasteiger partial charge in [-0.15, -0.1) is 0 Å². The van der Waals surface area contributed by atoms with Crippen LogP contribution < -0.4 is 0 Å². The van der Waals surface area contributed by atoms with Crippen LogP contribution in [0.1, 0.15) is 31.7 Å². The van der Waals surface area contributed by atoms with Crippen LogP contribution >= 0.6 is 0 Å². The molecule has 3 rings (SSSR count). The zero-order valence-corrected chi connectivity index (χ0v) is 18.7. The molecule has 1 saturated heterocycles. The standard InChI is InChI=1S/C22H30N2O6S/c1-2-11-23(16-19-3-4-19)21(25)17-30-22(26)10-7-18-5-8-20(9-6-18)31(27,28)24-12-14-29-15-13-24/h5-10,19H,2-4,11-17H2,1H3/b10-7+. The summed E-state index contributed by atoms with van der Waals surface area (Å²) in [5.41, 5.74) is 0.658. The molecule has 0 unspecified atom stereocenters. The second kappa shape index (κ2) is 10.9. The molecule has 31 heavy (non-hydrogen) atoms. The van der Waals surface area contributed by atoms with E-state index in [1.807, 2.05) is 6.92 Å². The van der Waals surface area contributed by atoms with E-state index < -0.39 is 16.0 Å². The normalized spacial score (nSPS) is 17.6. The predicted octanol–water partition coefficient (Wildman–Crippen LogP) is 1.91. The Morgan fingerprint density at radius 1 is 1.19 bits per heavy atom. The van der Waals surface area contributed by atoms with Crippen molar-refractivity contribution in [1.29, 1.82) is 0 Å². The molecule has 2 fully saturated rings. The molecular formula is C22H30N2O6S. The van der Waals surface area contributed by atoms with E-state index >= 15 is 0 Å². The Kier molecular flexibility index (Phi) is 8.22. The van der Waals surface area contributed by atoms with Gasteiger partial charge in [-0.25, -0.2) is 13.2 Å². The first-order chi connectivity index (χ1) is 14.9. The fourth-order valence-corrected chi connectivity index (χ4v) is 4.73. The second-order valence-corrected chi connectivity index (χ2v) is 9.75. The fraction of sp³-hybridized carbons (Fsp3) is 0.545. The van der Waals surface area contributed by atoms with Gasteiger partial charge in [0, 0.05) is 32.3 Å². The molecule has 1 saturated carbocycles. The number of hydrogen-bond acceptors (Lipinski definition) is 6. The number of carbonyl (C=O) groups is 2. The van der Waals surface area contributed by atoms with Crippen molar-refractivity contribution in [3.05, 3.63) is 35.9 Å². The van der Waals surface area contributed by atoms with Gasteiger partial charge >= 0.3 is 5.97 Å². The van der Waals surface area contributed by atoms with Crippen LogP contribution in [0.2, 0.25) is 0 Å². The maximum Gasteiger partial charge on any atom is 0.331 e. The molecule has 1 aromatic rings. The van der Waals surface area contributed by atoms with Crippen LogP contribution in [0.5, 0.6) is 0 Å². The number of hydrogen-bond donors (Lipinski definition) is 0. The number of sulfonamides is 1. The Hall–Kier alpha value is -2.23. The van der Waals surface area contributed by atoms with Gasteiger partial charge in [0.25, 0.3) is 5.91 Å². The summed E-state index contributed by atoms with van der Waals surface area (Å²) in [5.74, 6) is -0.199. The van der Waals surface area contributed by atoms with Crippen LogP contribution in [-0.4, -0.2) is 75.5 Å². The summed E-state index contributed by atoms with van der Waals surface area (Å²) < 4.78 is 36.9. The van der Waals surface area contributed by atoms with Gasteiger partial charge in [0.2, 0.25) is 10.0 Å². The molecule has 0 atom stereocenters. The zero-order valence-electron chi connectivity index (χ0n) is 17.9. The minimum atomic E-state index is -3.55. The molecule has 0 bridgehead atoms. The van der Waals surface area contributed by atoms with Crippen molar-refractivity contribution in [2.75, 3.05) is 46.0 Å². The van der Waals surface area contributed by atoms with Crippen molar-refractivity contribution in [2.24, 2.45) is 5.92 Å². The molecule has 2 aliphatic rings. The SMILES string of the molecule is CCCN(CC1CC1)C(=O)COC(=O)/C=C/c1ccc(S(=O)(=O)N2CCOCC2)cc1. The van der Waals surface area contributed by atoms with Gasteiger partial charge in [0.15, 0.2) is 6.61 Å². The molecule has 9 heteroatoms. The molecule has 8 nitrogen and oxygen atoms in total. The molecule has 1 aromatic carbocycles. The third kappa shape index (κ3) is 6.88. The smallest absolute Gasteiger partial charge is 0.331 e. The summed E-state index contributed by atoms with van der Waals surface area (Å²) in [4.78, 5) is 26.2. The number of nitrogens with zero attached hydrogens (tertiary/aromatic N) is 2. The lowest BCUT2D eigenvalue weighted by molar-refractivity contribution is -0.148. The van der Waals surface area contributed by atoms with Crippen LogP contribution in [0.3, 0.4) is 0 Å². The highest BCUT2D eigenvalue weighted by atomic mass is 32.2. The summed E-state index contributed by atoms with van der Waals surface area (Å²) in [6.07, 6.45) is 5.95. The minimum Gasteiger partial charge on any atom is -0.452 e. The van der Waals surface area contributed by atoms with E-state index in [9.17, 15) is 18.0 Å². The highest BCUT2D eigenvalue weighted by Gasteiger charge is 2.27. The summed E-state index contributed by atoms with van der Waals surface area (Å²) in [6, 6.07) is 6.28. The number of carbonyl (C=O) groups excluding carboxylic acids is 2. The molecule has 0 radical (unpaired) electrons. The summed E-state index contributed by atoms with van der Waals surface area (Å²) in [6.45, 7) is 4.60. The summed E-state index contributed by atoms with van der Waals surface area (Å²) >= 11 is 0. The van der Waals surface area contributed by atoms with Crippen molar-refractivity contribution < 1.29 is 27.5 Å². The first kappa shape index (κ1) is 23.4. The largest absolute Gasteiger partial charge is 0.452 e. The van der Waals surface area contributed by atoms with Crippen molar-refractivity contribution in [3.8, 4) is 0 Å². The quantitative estimate of drug-likeness (QED) is 0.399. The van der Waals surface area contributed by atoms with Crippen molar-refractivity contribution >= 4 is 28.0 Å². The molecular weight excluding hydrogens is 420 g/mol. The number of benzene rings is 1. The number of rotatable bonds is 10. The van der Waals surface area contributed by atoms with Gasteiger partial charge in [-0.1, -0.05) is 19.1 Å². The van der Waals surface area contributed by atoms with Crippen molar-refractivity contribution in [3.63, 3.8) is 0 Å². The number of ether oxygens (including phenoxy) is 2. The lowest BCUT2D eigenvalue weighted by atomic mass is 10.2. The first-order valence-electron chi connectivity index (χ1n) is 10.7. The Morgan fingerprint density at radius 3 is 2.48 bits per heavy atom. The fourth-order valence-electron chi connectivity index (χ4n) is 3.32. The van der Waals surface area contributed by atoms with E-state index in [4.69, 9.17) is 9.47 Å². The monoisotopic (exact) mass is 450 g/mol. The molecule has 0 spiro atoms. The first-order valence-corrected chi connectivity index (χ1v) is 12.1. The van der Waals surface area contributed by atoms with Crippen LogP contribution in [0, 0.1) is 5.92 Å². The molecule has 1 aliphatic heterocycles. The lowest BCUT2D eigenvalue weighted by Gasteiger charge is -2.26. The average Bonchev–Trinajstić information content (AvgIpc) is 3.61. The average molecular weight is 451 g/mol. The van der Waals surface area contributed by atoms with E-state index in [0.29, 0.717) is 44.3 Å². The zero-order chi connectivity index (χ0) is 22.3. The Morgan fingerprint density at radius 2 is 1.87 bits per heavy atom. The third-order valence-electron chi connectivity index (χ3n) is 5.26. The number of morpholine rings is 1. The van der Waals surface area contributed by atoms with Crippen LogP contribution in [0.4, 0.5) is 0 Å². The van der Waals surface area contributed by atoms with E-state index in [1.54, 1.807) is 17.0 Å². The number of amides is 1. The molecule has 0 N–H and O–H groups in total. The van der Waals surface area contributed by atoms with E-state index in [2.05, 4.69) is 0 Å².